The maximum atomic E-state index is 7.07. The lowest BCUT2D eigenvalue weighted by Gasteiger charge is -2.17. The molecule has 0 spiro atoms. The summed E-state index contributed by atoms with van der Waals surface area (Å²) < 4.78 is 10.7. The predicted molar refractivity (Wildman–Crippen MR) is 49.9 cm³/mol. The number of nitrogens with one attached hydrogen (secondary N) is 1. The van der Waals surface area contributed by atoms with Gasteiger partial charge in [0.15, 0.2) is 0 Å². The second-order valence-corrected chi connectivity index (χ2v) is 3.27. The molecule has 1 N–H and O–H groups in total. The summed E-state index contributed by atoms with van der Waals surface area (Å²) in [6.45, 7) is 8.31. The molecule has 0 amide bonds. The van der Waals surface area contributed by atoms with Gasteiger partial charge in [-0.1, -0.05) is 0 Å². The van der Waals surface area contributed by atoms with E-state index in [1.807, 2.05) is 27.7 Å². The van der Waals surface area contributed by atoms with E-state index < -0.39 is 0 Å². The minimum atomic E-state index is -0.201. The smallest absolute Gasteiger partial charge is 0.115 e. The van der Waals surface area contributed by atoms with Crippen LogP contribution in [0.15, 0.2) is 0 Å². The highest BCUT2D eigenvalue weighted by Gasteiger charge is 2.08. The number of ether oxygens (including phenoxy) is 2. The van der Waals surface area contributed by atoms with E-state index in [2.05, 4.69) is 0 Å². The average Bonchev–Trinajstić information content (AvgIpc) is 1.97. The summed E-state index contributed by atoms with van der Waals surface area (Å²) in [5.74, 6) is 0. The molecule has 0 rings (SSSR count). The van der Waals surface area contributed by atoms with E-state index in [1.54, 1.807) is 0 Å². The maximum Gasteiger partial charge on any atom is 0.115 e. The van der Waals surface area contributed by atoms with Gasteiger partial charge in [-0.05, 0) is 27.7 Å². The van der Waals surface area contributed by atoms with Crippen molar-refractivity contribution in [3.63, 3.8) is 0 Å². The van der Waals surface area contributed by atoms with Crippen molar-refractivity contribution in [3.8, 4) is 0 Å². The van der Waals surface area contributed by atoms with Gasteiger partial charge in [0.1, 0.15) is 6.10 Å². The van der Waals surface area contributed by atoms with Crippen molar-refractivity contribution in [2.45, 2.75) is 46.0 Å². The molecule has 1 atom stereocenters. The Morgan fingerprint density at radius 2 is 1.75 bits per heavy atom. The van der Waals surface area contributed by atoms with Crippen molar-refractivity contribution in [1.82, 2.24) is 0 Å². The van der Waals surface area contributed by atoms with E-state index in [0.29, 0.717) is 6.61 Å². The molecule has 1 unspecified atom stereocenters. The first-order valence-corrected chi connectivity index (χ1v) is 4.34. The van der Waals surface area contributed by atoms with Crippen molar-refractivity contribution >= 4 is 6.21 Å². The van der Waals surface area contributed by atoms with Crippen LogP contribution in [-0.4, -0.2) is 31.1 Å². The fourth-order valence-corrected chi connectivity index (χ4v) is 0.764. The zero-order valence-corrected chi connectivity index (χ0v) is 8.33. The van der Waals surface area contributed by atoms with Crippen molar-refractivity contribution in [2.24, 2.45) is 0 Å². The molecule has 0 aromatic rings. The van der Waals surface area contributed by atoms with E-state index in [-0.39, 0.29) is 18.3 Å². The van der Waals surface area contributed by atoms with Gasteiger partial charge in [-0.25, -0.2) is 0 Å². The predicted octanol–water partition coefficient (Wildman–Crippen LogP) is 1.85. The molecule has 0 aliphatic rings. The second kappa shape index (κ2) is 6.14. The van der Waals surface area contributed by atoms with Crippen molar-refractivity contribution in [1.29, 1.82) is 5.41 Å². The highest BCUT2D eigenvalue weighted by molar-refractivity contribution is 5.59. The molecule has 12 heavy (non-hydrogen) atoms. The van der Waals surface area contributed by atoms with Crippen LogP contribution in [0.25, 0.3) is 0 Å². The molecule has 0 heterocycles. The van der Waals surface area contributed by atoms with Crippen molar-refractivity contribution in [2.75, 3.05) is 6.61 Å². The summed E-state index contributed by atoms with van der Waals surface area (Å²) in [5.41, 5.74) is 0. The average molecular weight is 173 g/mol. The molecule has 0 bridgehead atoms. The monoisotopic (exact) mass is 173 g/mol. The summed E-state index contributed by atoms with van der Waals surface area (Å²) >= 11 is 0. The lowest BCUT2D eigenvalue weighted by atomic mass is 10.3. The maximum absolute atomic E-state index is 7.07. The molecule has 0 fully saturated rings. The minimum absolute atomic E-state index is 0.146. The van der Waals surface area contributed by atoms with E-state index in [9.17, 15) is 0 Å². The zero-order chi connectivity index (χ0) is 9.56. The molecular weight excluding hydrogens is 154 g/mol. The first kappa shape index (κ1) is 11.6. The van der Waals surface area contributed by atoms with Crippen LogP contribution in [0, 0.1) is 5.41 Å². The van der Waals surface area contributed by atoms with Gasteiger partial charge in [0.25, 0.3) is 0 Å². The van der Waals surface area contributed by atoms with E-state index in [1.165, 1.54) is 6.21 Å². The standard InChI is InChI=1S/C9H19NO2/c1-7(2)11-6-9(5-10)12-8(3)4/h5,7-10H,6H2,1-4H3. The molecule has 72 valence electrons. The van der Waals surface area contributed by atoms with Crippen LogP contribution in [0.5, 0.6) is 0 Å². The van der Waals surface area contributed by atoms with Gasteiger partial charge in [0, 0.05) is 6.21 Å². The highest BCUT2D eigenvalue weighted by atomic mass is 16.5. The molecule has 0 saturated carbocycles. The van der Waals surface area contributed by atoms with Crippen LogP contribution >= 0.6 is 0 Å². The zero-order valence-electron chi connectivity index (χ0n) is 8.33. The molecular formula is C9H19NO2. The third-order valence-electron chi connectivity index (χ3n) is 1.23. The number of hydrogen-bond acceptors (Lipinski definition) is 3. The summed E-state index contributed by atoms with van der Waals surface area (Å²) in [6.07, 6.45) is 1.42. The Morgan fingerprint density at radius 1 is 1.17 bits per heavy atom. The lowest BCUT2D eigenvalue weighted by Crippen LogP contribution is -2.26. The lowest BCUT2D eigenvalue weighted by molar-refractivity contribution is -0.0260. The SMILES string of the molecule is CC(C)OCC(C=N)OC(C)C. The Labute approximate surface area is 74.6 Å². The normalized spacial score (nSPS) is 13.8. The van der Waals surface area contributed by atoms with Gasteiger partial charge in [-0.2, -0.15) is 0 Å². The molecule has 0 saturated heterocycles. The van der Waals surface area contributed by atoms with E-state index in [0.717, 1.165) is 0 Å². The quantitative estimate of drug-likeness (QED) is 0.623. The Morgan fingerprint density at radius 3 is 2.08 bits per heavy atom. The highest BCUT2D eigenvalue weighted by Crippen LogP contribution is 1.98. The van der Waals surface area contributed by atoms with Crippen LogP contribution in [0.3, 0.4) is 0 Å². The largest absolute Gasteiger partial charge is 0.376 e. The fourth-order valence-electron chi connectivity index (χ4n) is 0.764. The number of rotatable bonds is 6. The molecule has 0 aliphatic carbocycles. The third-order valence-corrected chi connectivity index (χ3v) is 1.23. The fraction of sp³-hybridized carbons (Fsp3) is 0.889. The third kappa shape index (κ3) is 6.31. The van der Waals surface area contributed by atoms with Crippen LogP contribution in [0.2, 0.25) is 0 Å². The van der Waals surface area contributed by atoms with Crippen molar-refractivity contribution < 1.29 is 9.47 Å². The second-order valence-electron chi connectivity index (χ2n) is 3.27. The Hall–Kier alpha value is -0.410. The summed E-state index contributed by atoms with van der Waals surface area (Å²) in [7, 11) is 0. The Balaban J connectivity index is 3.60. The molecule has 0 aliphatic heterocycles. The van der Waals surface area contributed by atoms with E-state index in [4.69, 9.17) is 14.9 Å². The molecule has 0 aromatic carbocycles. The van der Waals surface area contributed by atoms with E-state index >= 15 is 0 Å². The molecule has 0 aromatic heterocycles. The van der Waals surface area contributed by atoms with Crippen LogP contribution < -0.4 is 0 Å². The van der Waals surface area contributed by atoms with Crippen LogP contribution in [-0.2, 0) is 9.47 Å². The van der Waals surface area contributed by atoms with Gasteiger partial charge >= 0.3 is 0 Å². The molecule has 3 nitrogen and oxygen atoms in total. The van der Waals surface area contributed by atoms with Gasteiger partial charge in [0.2, 0.25) is 0 Å². The molecule has 0 radical (unpaired) electrons. The van der Waals surface area contributed by atoms with Gasteiger partial charge in [0.05, 0.1) is 18.8 Å². The summed E-state index contributed by atoms with van der Waals surface area (Å²) in [6, 6.07) is 0. The number of hydrogen-bond donors (Lipinski definition) is 1. The Kier molecular flexibility index (Phi) is 5.93. The van der Waals surface area contributed by atoms with Gasteiger partial charge in [-0.15, -0.1) is 0 Å². The summed E-state index contributed by atoms with van der Waals surface area (Å²) in [5, 5.41) is 7.07. The van der Waals surface area contributed by atoms with Crippen LogP contribution in [0.1, 0.15) is 27.7 Å². The Bertz CT molecular complexity index is 124. The van der Waals surface area contributed by atoms with Crippen molar-refractivity contribution in [3.05, 3.63) is 0 Å². The van der Waals surface area contributed by atoms with Gasteiger partial charge < -0.3 is 14.9 Å². The minimum Gasteiger partial charge on any atom is -0.376 e. The topological polar surface area (TPSA) is 42.3 Å². The van der Waals surface area contributed by atoms with Gasteiger partial charge in [-0.3, -0.25) is 0 Å². The first-order valence-electron chi connectivity index (χ1n) is 4.34. The first-order chi connectivity index (χ1) is 5.56. The molecule has 3 heteroatoms. The van der Waals surface area contributed by atoms with Crippen LogP contribution in [0.4, 0.5) is 0 Å². The summed E-state index contributed by atoms with van der Waals surface area (Å²) in [4.78, 5) is 0.